The average molecular weight is 507 g/mol. The summed E-state index contributed by atoms with van der Waals surface area (Å²) in [5.74, 6) is 1.55. The van der Waals surface area contributed by atoms with Crippen molar-refractivity contribution in [3.05, 3.63) is 58.9 Å². The number of hydrogen-bond donors (Lipinski definition) is 5. The molecule has 0 atom stereocenters. The summed E-state index contributed by atoms with van der Waals surface area (Å²) in [6.45, 7) is 0.937. The van der Waals surface area contributed by atoms with E-state index in [1.807, 2.05) is 24.3 Å². The highest BCUT2D eigenvalue weighted by atomic mass is 19.1. The van der Waals surface area contributed by atoms with Gasteiger partial charge in [-0.3, -0.25) is 15.0 Å². The Labute approximate surface area is 214 Å². The molecule has 3 aromatic rings. The van der Waals surface area contributed by atoms with E-state index in [1.54, 1.807) is 23.0 Å². The zero-order valence-electron chi connectivity index (χ0n) is 20.5. The third-order valence-corrected chi connectivity index (χ3v) is 6.86. The van der Waals surface area contributed by atoms with Crippen molar-refractivity contribution in [1.29, 1.82) is 5.41 Å². The molecule has 0 radical (unpaired) electrons. The van der Waals surface area contributed by atoms with E-state index in [2.05, 4.69) is 25.9 Å². The molecule has 1 fully saturated rings. The first kappa shape index (κ1) is 24.7. The monoisotopic (exact) mass is 506 g/mol. The van der Waals surface area contributed by atoms with Crippen molar-refractivity contribution in [1.82, 2.24) is 25.2 Å². The van der Waals surface area contributed by atoms with Gasteiger partial charge in [-0.1, -0.05) is 12.1 Å². The SMILES string of the molecule is N=C(N)NCCCNC1CCC(n2cc3c(nc2=O)Nc2cc(-c4ccc(CF)nc4)ccc2O3)CC1. The van der Waals surface area contributed by atoms with Gasteiger partial charge in [0.2, 0.25) is 0 Å². The number of nitrogens with one attached hydrogen (secondary N) is 4. The van der Waals surface area contributed by atoms with Gasteiger partial charge in [-0.15, -0.1) is 0 Å². The van der Waals surface area contributed by atoms with E-state index < -0.39 is 6.67 Å². The van der Waals surface area contributed by atoms with Gasteiger partial charge in [0.05, 0.1) is 17.6 Å². The molecule has 10 nitrogen and oxygen atoms in total. The van der Waals surface area contributed by atoms with Gasteiger partial charge in [0, 0.05) is 30.4 Å². The lowest BCUT2D eigenvalue weighted by Crippen LogP contribution is -2.38. The molecule has 0 saturated heterocycles. The van der Waals surface area contributed by atoms with E-state index >= 15 is 0 Å². The Bertz CT molecular complexity index is 1320. The third kappa shape index (κ3) is 5.72. The molecule has 2 aromatic heterocycles. The van der Waals surface area contributed by atoms with Gasteiger partial charge < -0.3 is 26.4 Å². The molecule has 1 aliphatic heterocycles. The van der Waals surface area contributed by atoms with E-state index in [1.165, 1.54) is 0 Å². The number of aromatic nitrogens is 3. The maximum atomic E-state index is 12.9. The molecule has 0 bridgehead atoms. The van der Waals surface area contributed by atoms with Gasteiger partial charge >= 0.3 is 5.69 Å². The zero-order chi connectivity index (χ0) is 25.8. The number of alkyl halides is 1. The van der Waals surface area contributed by atoms with Gasteiger partial charge in [-0.05, 0) is 62.4 Å². The number of benzene rings is 1. The molecule has 3 heterocycles. The minimum absolute atomic E-state index is 0.00373. The van der Waals surface area contributed by atoms with Crippen molar-refractivity contribution in [3.8, 4) is 22.6 Å². The molecular formula is C26H31FN8O2. The Morgan fingerprint density at radius 1 is 1.16 bits per heavy atom. The number of nitrogens with zero attached hydrogens (tertiary/aromatic N) is 3. The molecule has 2 aliphatic rings. The molecule has 1 aliphatic carbocycles. The number of anilines is 2. The van der Waals surface area contributed by atoms with Gasteiger partial charge in [0.1, 0.15) is 6.67 Å². The number of rotatable bonds is 8. The topological polar surface area (TPSA) is 143 Å². The van der Waals surface area contributed by atoms with Gasteiger partial charge in [-0.2, -0.15) is 4.98 Å². The summed E-state index contributed by atoms with van der Waals surface area (Å²) in [4.78, 5) is 21.3. The zero-order valence-corrected chi connectivity index (χ0v) is 20.5. The second-order valence-electron chi connectivity index (χ2n) is 9.41. The van der Waals surface area contributed by atoms with Gasteiger partial charge in [0.25, 0.3) is 0 Å². The second kappa shape index (κ2) is 11.0. The van der Waals surface area contributed by atoms with Crippen LogP contribution in [0.15, 0.2) is 47.5 Å². The number of halogens is 1. The summed E-state index contributed by atoms with van der Waals surface area (Å²) in [5.41, 5.74) is 7.84. The van der Waals surface area contributed by atoms with Crippen LogP contribution in [0, 0.1) is 5.41 Å². The lowest BCUT2D eigenvalue weighted by atomic mass is 9.91. The average Bonchev–Trinajstić information content (AvgIpc) is 2.91. The first-order valence-corrected chi connectivity index (χ1v) is 12.5. The highest BCUT2D eigenvalue weighted by Crippen LogP contribution is 2.42. The number of hydrogen-bond acceptors (Lipinski definition) is 7. The first-order valence-electron chi connectivity index (χ1n) is 12.5. The van der Waals surface area contributed by atoms with Crippen molar-refractivity contribution in [2.75, 3.05) is 18.4 Å². The van der Waals surface area contributed by atoms with Crippen molar-refractivity contribution in [2.24, 2.45) is 5.73 Å². The van der Waals surface area contributed by atoms with Crippen LogP contribution in [0.2, 0.25) is 0 Å². The van der Waals surface area contributed by atoms with Crippen molar-refractivity contribution in [3.63, 3.8) is 0 Å². The molecular weight excluding hydrogens is 475 g/mol. The first-order chi connectivity index (χ1) is 18.0. The number of ether oxygens (including phenoxy) is 1. The molecule has 5 rings (SSSR count). The van der Waals surface area contributed by atoms with Crippen LogP contribution in [0.1, 0.15) is 43.8 Å². The van der Waals surface area contributed by atoms with E-state index in [0.717, 1.165) is 49.8 Å². The minimum Gasteiger partial charge on any atom is -0.450 e. The maximum Gasteiger partial charge on any atom is 0.350 e. The van der Waals surface area contributed by atoms with E-state index in [4.69, 9.17) is 15.9 Å². The standard InChI is InChI=1S/C26H31FN8O2/c27-13-19-4-2-17(14-32-19)16-3-9-22-21(12-16)33-24-23(37-22)15-35(26(36)34-24)20-7-5-18(6-8-20)30-10-1-11-31-25(28)29/h2-4,9,12,14-15,18,20,30H,1,5-8,10-11,13H2,(H4,28,29,31)(H,33,34,36). The Balaban J connectivity index is 1.22. The van der Waals surface area contributed by atoms with E-state index in [9.17, 15) is 9.18 Å². The fourth-order valence-electron chi connectivity index (χ4n) is 4.87. The molecule has 194 valence electrons. The Hall–Kier alpha value is -3.99. The molecule has 1 aromatic carbocycles. The molecule has 1 saturated carbocycles. The van der Waals surface area contributed by atoms with Gasteiger partial charge in [-0.25, -0.2) is 9.18 Å². The van der Waals surface area contributed by atoms with E-state index in [-0.39, 0.29) is 17.7 Å². The smallest absolute Gasteiger partial charge is 0.350 e. The van der Waals surface area contributed by atoms with Crippen LogP contribution >= 0.6 is 0 Å². The van der Waals surface area contributed by atoms with Gasteiger partial charge in [0.15, 0.2) is 23.3 Å². The number of nitrogens with two attached hydrogens (primary N) is 1. The predicted octanol–water partition coefficient (Wildman–Crippen LogP) is 3.57. The third-order valence-electron chi connectivity index (χ3n) is 6.86. The molecule has 0 spiro atoms. The fourth-order valence-corrected chi connectivity index (χ4v) is 4.87. The van der Waals surface area contributed by atoms with Crippen molar-refractivity contribution in [2.45, 2.75) is 50.9 Å². The maximum absolute atomic E-state index is 12.9. The Morgan fingerprint density at radius 2 is 1.97 bits per heavy atom. The quantitative estimate of drug-likeness (QED) is 0.139. The summed E-state index contributed by atoms with van der Waals surface area (Å²) < 4.78 is 20.6. The molecule has 37 heavy (non-hydrogen) atoms. The highest BCUT2D eigenvalue weighted by Gasteiger charge is 2.26. The van der Waals surface area contributed by atoms with Crippen LogP contribution < -0.4 is 32.1 Å². The summed E-state index contributed by atoms with van der Waals surface area (Å²) >= 11 is 0. The van der Waals surface area contributed by atoms with Crippen LogP contribution in [0.25, 0.3) is 11.1 Å². The summed E-state index contributed by atoms with van der Waals surface area (Å²) in [6.07, 6.45) is 8.00. The van der Waals surface area contributed by atoms with E-state index in [0.29, 0.717) is 41.3 Å². The Kier molecular flexibility index (Phi) is 7.31. The molecule has 6 N–H and O–H groups in total. The summed E-state index contributed by atoms with van der Waals surface area (Å²) in [6, 6.07) is 9.67. The Morgan fingerprint density at radius 3 is 2.70 bits per heavy atom. The molecule has 11 heteroatoms. The second-order valence-corrected chi connectivity index (χ2v) is 9.41. The van der Waals surface area contributed by atoms with Crippen LogP contribution in [-0.4, -0.2) is 39.6 Å². The number of fused-ring (bicyclic) bond motifs is 2. The molecule has 0 unspecified atom stereocenters. The fraction of sp³-hybridized carbons (Fsp3) is 0.385. The van der Waals surface area contributed by atoms with Crippen LogP contribution in [0.4, 0.5) is 15.9 Å². The highest BCUT2D eigenvalue weighted by molar-refractivity contribution is 5.78. The van der Waals surface area contributed by atoms with Crippen molar-refractivity contribution >= 4 is 17.5 Å². The van der Waals surface area contributed by atoms with Crippen molar-refractivity contribution < 1.29 is 9.13 Å². The summed E-state index contributed by atoms with van der Waals surface area (Å²) in [7, 11) is 0. The predicted molar refractivity (Wildman–Crippen MR) is 140 cm³/mol. The number of pyridine rings is 1. The normalized spacial score (nSPS) is 18.2. The minimum atomic E-state index is -0.598. The lowest BCUT2D eigenvalue weighted by molar-refractivity contribution is 0.282. The molecule has 0 amide bonds. The summed E-state index contributed by atoms with van der Waals surface area (Å²) in [5, 5.41) is 16.8. The number of guanidine groups is 1. The van der Waals surface area contributed by atoms with Crippen LogP contribution in [0.3, 0.4) is 0 Å². The largest absolute Gasteiger partial charge is 0.450 e. The van der Waals surface area contributed by atoms with Crippen LogP contribution in [-0.2, 0) is 6.67 Å². The lowest BCUT2D eigenvalue weighted by Gasteiger charge is -2.31. The van der Waals surface area contributed by atoms with Crippen LogP contribution in [0.5, 0.6) is 11.5 Å².